The maximum absolute atomic E-state index is 13.4. The number of aromatic nitrogens is 1. The monoisotopic (exact) mass is 456 g/mol. The van der Waals surface area contributed by atoms with Gasteiger partial charge in [0.1, 0.15) is 11.6 Å². The van der Waals surface area contributed by atoms with E-state index >= 15 is 0 Å². The lowest BCUT2D eigenvalue weighted by atomic mass is 10.1. The number of amides is 2. The predicted molar refractivity (Wildman–Crippen MR) is 117 cm³/mol. The number of nitrogens with two attached hydrogens (primary N) is 1. The first-order valence-electron chi connectivity index (χ1n) is 9.56. The molecule has 0 atom stereocenters. The van der Waals surface area contributed by atoms with Crippen LogP contribution in [0.15, 0.2) is 72.9 Å². The van der Waals surface area contributed by atoms with E-state index in [4.69, 9.17) is 10.5 Å². The molecule has 0 fully saturated rings. The first-order valence-corrected chi connectivity index (χ1v) is 9.56. The molecule has 10 heteroatoms. The summed E-state index contributed by atoms with van der Waals surface area (Å²) in [5.41, 5.74) is 5.09. The van der Waals surface area contributed by atoms with Crippen molar-refractivity contribution >= 4 is 33.9 Å². The highest BCUT2D eigenvalue weighted by molar-refractivity contribution is 5.99. The second-order valence-electron chi connectivity index (χ2n) is 6.99. The Kier molecular flexibility index (Phi) is 5.74. The molecule has 6 nitrogen and oxygen atoms in total. The second kappa shape index (κ2) is 8.65. The first kappa shape index (κ1) is 21.9. The van der Waals surface area contributed by atoms with E-state index in [-0.39, 0.29) is 5.69 Å². The van der Waals surface area contributed by atoms with Crippen LogP contribution in [0.25, 0.3) is 10.8 Å². The molecule has 0 aliphatic rings. The number of nitrogen functional groups attached to an aromatic ring is 1. The largest absolute Gasteiger partial charge is 0.438 e. The van der Waals surface area contributed by atoms with Crippen LogP contribution in [0.5, 0.6) is 11.6 Å². The third kappa shape index (κ3) is 5.12. The van der Waals surface area contributed by atoms with E-state index in [1.807, 2.05) is 12.1 Å². The summed E-state index contributed by atoms with van der Waals surface area (Å²) in [4.78, 5) is 16.4. The molecule has 1 aromatic heterocycles. The molecule has 1 heterocycles. The molecule has 0 saturated heterocycles. The van der Waals surface area contributed by atoms with Crippen LogP contribution in [0.1, 0.15) is 5.56 Å². The Bertz CT molecular complexity index is 1320. The van der Waals surface area contributed by atoms with E-state index in [1.165, 1.54) is 0 Å². The summed E-state index contributed by atoms with van der Waals surface area (Å²) in [6.45, 7) is 0. The maximum Gasteiger partial charge on any atom is 0.419 e. The predicted octanol–water partition coefficient (Wildman–Crippen LogP) is 6.41. The average Bonchev–Trinajstić information content (AvgIpc) is 2.76. The molecule has 4 rings (SSSR count). The lowest BCUT2D eigenvalue weighted by molar-refractivity contribution is -0.139. The van der Waals surface area contributed by atoms with Crippen LogP contribution in [0, 0.1) is 5.82 Å². The number of anilines is 3. The standard InChI is InChI=1S/C23H16F4N4O2/c24-20-8-5-16(12-19(20)23(25,26)27)31-22(32)30-15-3-6-17(7-4-15)33-21-18-11-14(28)2-1-13(18)9-10-29-21/h1-12H,28H2,(H2,30,31,32). The van der Waals surface area contributed by atoms with Gasteiger partial charge in [0, 0.05) is 28.6 Å². The minimum atomic E-state index is -4.88. The van der Waals surface area contributed by atoms with Crippen molar-refractivity contribution in [1.29, 1.82) is 0 Å². The number of hydrogen-bond acceptors (Lipinski definition) is 4. The summed E-state index contributed by atoms with van der Waals surface area (Å²) in [5, 5.41) is 6.35. The van der Waals surface area contributed by atoms with Gasteiger partial charge in [-0.05, 0) is 66.0 Å². The van der Waals surface area contributed by atoms with Crippen LogP contribution < -0.4 is 21.1 Å². The minimum Gasteiger partial charge on any atom is -0.438 e. The molecule has 4 N–H and O–H groups in total. The molecule has 168 valence electrons. The van der Waals surface area contributed by atoms with Crippen molar-refractivity contribution < 1.29 is 27.1 Å². The highest BCUT2D eigenvalue weighted by Crippen LogP contribution is 2.33. The third-order valence-corrected chi connectivity index (χ3v) is 4.61. The maximum atomic E-state index is 13.4. The van der Waals surface area contributed by atoms with Gasteiger partial charge >= 0.3 is 12.2 Å². The van der Waals surface area contributed by atoms with Gasteiger partial charge in [-0.1, -0.05) is 6.07 Å². The number of hydrogen-bond donors (Lipinski definition) is 3. The van der Waals surface area contributed by atoms with E-state index in [1.54, 1.807) is 42.6 Å². The lowest BCUT2D eigenvalue weighted by Crippen LogP contribution is -2.20. The molecular weight excluding hydrogens is 440 g/mol. The van der Waals surface area contributed by atoms with E-state index in [0.29, 0.717) is 35.1 Å². The summed E-state index contributed by atoms with van der Waals surface area (Å²) < 4.78 is 57.7. The lowest BCUT2D eigenvalue weighted by Gasteiger charge is -2.12. The molecule has 3 aromatic carbocycles. The van der Waals surface area contributed by atoms with Crippen molar-refractivity contribution in [3.63, 3.8) is 0 Å². The third-order valence-electron chi connectivity index (χ3n) is 4.61. The Morgan fingerprint density at radius 2 is 1.61 bits per heavy atom. The van der Waals surface area contributed by atoms with E-state index < -0.39 is 23.6 Å². The molecule has 0 bridgehead atoms. The quantitative estimate of drug-likeness (QED) is 0.245. The van der Waals surface area contributed by atoms with Gasteiger partial charge < -0.3 is 21.1 Å². The van der Waals surface area contributed by atoms with Gasteiger partial charge in [0.2, 0.25) is 5.88 Å². The van der Waals surface area contributed by atoms with Gasteiger partial charge in [0.15, 0.2) is 0 Å². The number of pyridine rings is 1. The Labute approximate surface area is 185 Å². The number of nitrogens with one attached hydrogen (secondary N) is 2. The Morgan fingerprint density at radius 1 is 0.909 bits per heavy atom. The zero-order valence-electron chi connectivity index (χ0n) is 16.8. The molecule has 2 amide bonds. The highest BCUT2D eigenvalue weighted by atomic mass is 19.4. The van der Waals surface area contributed by atoms with Crippen molar-refractivity contribution in [2.75, 3.05) is 16.4 Å². The number of rotatable bonds is 4. The molecule has 0 spiro atoms. The van der Waals surface area contributed by atoms with Gasteiger partial charge in [0.25, 0.3) is 0 Å². The summed E-state index contributed by atoms with van der Waals surface area (Å²) in [7, 11) is 0. The van der Waals surface area contributed by atoms with E-state index in [0.717, 1.165) is 16.8 Å². The van der Waals surface area contributed by atoms with Crippen LogP contribution in [-0.4, -0.2) is 11.0 Å². The normalized spacial score (nSPS) is 11.3. The van der Waals surface area contributed by atoms with Crippen molar-refractivity contribution in [3.8, 4) is 11.6 Å². The fourth-order valence-corrected chi connectivity index (χ4v) is 3.07. The number of urea groups is 1. The van der Waals surface area contributed by atoms with Crippen LogP contribution in [0.2, 0.25) is 0 Å². The summed E-state index contributed by atoms with van der Waals surface area (Å²) in [5.74, 6) is -0.626. The highest BCUT2D eigenvalue weighted by Gasteiger charge is 2.34. The number of carbonyl (C=O) groups excluding carboxylic acids is 1. The molecular formula is C23H16F4N4O2. The van der Waals surface area contributed by atoms with Crippen molar-refractivity contribution in [2.45, 2.75) is 6.18 Å². The van der Waals surface area contributed by atoms with Gasteiger partial charge in [-0.15, -0.1) is 0 Å². The molecule has 33 heavy (non-hydrogen) atoms. The second-order valence-corrected chi connectivity index (χ2v) is 6.99. The number of halogens is 4. The van der Waals surface area contributed by atoms with Gasteiger partial charge in [-0.25, -0.2) is 14.2 Å². The fourth-order valence-electron chi connectivity index (χ4n) is 3.07. The number of alkyl halides is 3. The molecule has 4 aromatic rings. The van der Waals surface area contributed by atoms with Crippen molar-refractivity contribution in [1.82, 2.24) is 4.98 Å². The zero-order valence-corrected chi connectivity index (χ0v) is 16.8. The van der Waals surface area contributed by atoms with Crippen LogP contribution in [0.4, 0.5) is 39.4 Å². The van der Waals surface area contributed by atoms with Crippen LogP contribution >= 0.6 is 0 Å². The molecule has 0 aliphatic carbocycles. The SMILES string of the molecule is Nc1ccc2ccnc(Oc3ccc(NC(=O)Nc4ccc(F)c(C(F)(F)F)c4)cc3)c2c1. The molecule has 0 saturated carbocycles. The van der Waals surface area contributed by atoms with Gasteiger partial charge in [0.05, 0.1) is 5.56 Å². The minimum absolute atomic E-state index is 0.206. The zero-order chi connectivity index (χ0) is 23.6. The van der Waals surface area contributed by atoms with Crippen LogP contribution in [-0.2, 0) is 6.18 Å². The topological polar surface area (TPSA) is 89.3 Å². The van der Waals surface area contributed by atoms with E-state index in [9.17, 15) is 22.4 Å². The van der Waals surface area contributed by atoms with Crippen molar-refractivity contribution in [3.05, 3.63) is 84.3 Å². The molecule has 0 unspecified atom stereocenters. The number of carbonyl (C=O) groups is 1. The van der Waals surface area contributed by atoms with Gasteiger partial charge in [-0.3, -0.25) is 0 Å². The Morgan fingerprint density at radius 3 is 2.33 bits per heavy atom. The summed E-state index contributed by atoms with van der Waals surface area (Å²) in [6, 6.07) is 14.8. The number of fused-ring (bicyclic) bond motifs is 1. The number of nitrogens with zero attached hydrogens (tertiary/aromatic N) is 1. The number of ether oxygens (including phenoxy) is 1. The first-order chi connectivity index (χ1) is 15.7. The molecule has 0 radical (unpaired) electrons. The van der Waals surface area contributed by atoms with Gasteiger partial charge in [-0.2, -0.15) is 13.2 Å². The number of benzene rings is 3. The smallest absolute Gasteiger partial charge is 0.419 e. The fraction of sp³-hybridized carbons (Fsp3) is 0.0435. The Balaban J connectivity index is 1.43. The van der Waals surface area contributed by atoms with Crippen LogP contribution in [0.3, 0.4) is 0 Å². The summed E-state index contributed by atoms with van der Waals surface area (Å²) >= 11 is 0. The Hall–Kier alpha value is -4.34. The molecule has 0 aliphatic heterocycles. The summed E-state index contributed by atoms with van der Waals surface area (Å²) in [6.07, 6.45) is -3.27. The average molecular weight is 456 g/mol. The van der Waals surface area contributed by atoms with E-state index in [2.05, 4.69) is 15.6 Å². The van der Waals surface area contributed by atoms with Crippen molar-refractivity contribution in [2.24, 2.45) is 0 Å².